The van der Waals surface area contributed by atoms with E-state index in [4.69, 9.17) is 10.8 Å². The number of imide groups is 1. The van der Waals surface area contributed by atoms with E-state index in [1.807, 2.05) is 5.32 Å². The lowest BCUT2D eigenvalue weighted by atomic mass is 10.2. The van der Waals surface area contributed by atoms with Crippen LogP contribution >= 0.6 is 0 Å². The Morgan fingerprint density at radius 1 is 1.42 bits per heavy atom. The summed E-state index contributed by atoms with van der Waals surface area (Å²) < 4.78 is 0. The molecule has 0 spiro atoms. The fourth-order valence-electron chi connectivity index (χ4n) is 1.40. The first-order valence-corrected chi connectivity index (χ1v) is 5.20. The Labute approximate surface area is 106 Å². The Morgan fingerprint density at radius 3 is 2.47 bits per heavy atom. The van der Waals surface area contributed by atoms with Crippen molar-refractivity contribution in [2.24, 2.45) is 5.73 Å². The van der Waals surface area contributed by atoms with Crippen molar-refractivity contribution in [3.63, 3.8) is 0 Å². The van der Waals surface area contributed by atoms with E-state index in [-0.39, 0.29) is 6.54 Å². The van der Waals surface area contributed by atoms with Gasteiger partial charge in [-0.15, -0.1) is 0 Å². The minimum absolute atomic E-state index is 0.213. The smallest absolute Gasteiger partial charge is 0.326 e. The van der Waals surface area contributed by atoms with Gasteiger partial charge in [0, 0.05) is 0 Å². The van der Waals surface area contributed by atoms with Gasteiger partial charge in [-0.25, -0.2) is 9.59 Å². The molecule has 0 bridgehead atoms. The number of rotatable bonds is 6. The van der Waals surface area contributed by atoms with Crippen LogP contribution in [0.3, 0.4) is 0 Å². The van der Waals surface area contributed by atoms with Gasteiger partial charge in [0.15, 0.2) is 0 Å². The highest BCUT2D eigenvalue weighted by molar-refractivity contribution is 6.04. The topological polar surface area (TPSA) is 159 Å². The van der Waals surface area contributed by atoms with Crippen molar-refractivity contribution in [2.75, 3.05) is 13.1 Å². The van der Waals surface area contributed by atoms with Gasteiger partial charge in [-0.1, -0.05) is 0 Å². The lowest BCUT2D eigenvalue weighted by Gasteiger charge is -2.15. The van der Waals surface area contributed by atoms with Crippen LogP contribution in [-0.4, -0.2) is 58.9 Å². The van der Waals surface area contributed by atoms with Crippen molar-refractivity contribution in [3.8, 4) is 0 Å². The normalized spacial score (nSPS) is 15.9. The van der Waals surface area contributed by atoms with Gasteiger partial charge in [-0.3, -0.25) is 19.3 Å². The highest BCUT2D eigenvalue weighted by Gasteiger charge is 2.31. The van der Waals surface area contributed by atoms with Crippen LogP contribution in [0.15, 0.2) is 0 Å². The summed E-state index contributed by atoms with van der Waals surface area (Å²) in [5, 5.41) is 13.0. The zero-order chi connectivity index (χ0) is 14.6. The average Bonchev–Trinajstić information content (AvgIpc) is 2.59. The number of aliphatic carboxylic acids is 1. The molecule has 1 heterocycles. The lowest BCUT2D eigenvalue weighted by Crippen LogP contribution is -2.48. The van der Waals surface area contributed by atoms with Crippen molar-refractivity contribution in [1.82, 2.24) is 15.5 Å². The zero-order valence-corrected chi connectivity index (χ0v) is 9.71. The van der Waals surface area contributed by atoms with E-state index >= 15 is 0 Å². The third-order valence-electron chi connectivity index (χ3n) is 2.28. The largest absolute Gasteiger partial charge is 0.480 e. The number of carboxylic acid groups (broad SMARTS) is 1. The van der Waals surface area contributed by atoms with E-state index in [9.17, 15) is 24.0 Å². The van der Waals surface area contributed by atoms with Crippen molar-refractivity contribution in [1.29, 1.82) is 0 Å². The van der Waals surface area contributed by atoms with Gasteiger partial charge >= 0.3 is 12.0 Å². The Kier molecular flexibility index (Phi) is 4.40. The summed E-state index contributed by atoms with van der Waals surface area (Å²) in [6, 6.07) is -2.23. The molecule has 1 aliphatic rings. The van der Waals surface area contributed by atoms with Gasteiger partial charge in [-0.2, -0.15) is 0 Å². The lowest BCUT2D eigenvalue weighted by molar-refractivity contribution is -0.143. The number of urea groups is 1. The zero-order valence-electron chi connectivity index (χ0n) is 9.71. The molecule has 0 aromatic heterocycles. The van der Waals surface area contributed by atoms with Crippen LogP contribution in [-0.2, 0) is 19.2 Å². The molecule has 0 unspecified atom stereocenters. The molecular weight excluding hydrogens is 260 g/mol. The highest BCUT2D eigenvalue weighted by atomic mass is 16.4. The molecule has 0 aromatic rings. The van der Waals surface area contributed by atoms with Gasteiger partial charge in [0.1, 0.15) is 12.6 Å². The van der Waals surface area contributed by atoms with Crippen LogP contribution in [0.4, 0.5) is 4.79 Å². The van der Waals surface area contributed by atoms with Gasteiger partial charge in [0.25, 0.3) is 5.91 Å². The number of amides is 5. The second-order valence-electron chi connectivity index (χ2n) is 3.77. The Hall–Kier alpha value is -2.65. The number of primary amides is 1. The van der Waals surface area contributed by atoms with Crippen LogP contribution in [0.2, 0.25) is 0 Å². The Balaban J connectivity index is 2.57. The quantitative estimate of drug-likeness (QED) is 0.377. The number of carbonyl (C=O) groups excluding carboxylic acids is 4. The third-order valence-corrected chi connectivity index (χ3v) is 2.28. The Morgan fingerprint density at radius 2 is 2.05 bits per heavy atom. The van der Waals surface area contributed by atoms with Gasteiger partial charge in [0.05, 0.1) is 13.0 Å². The molecule has 1 saturated heterocycles. The summed E-state index contributed by atoms with van der Waals surface area (Å²) in [5.74, 6) is -3.81. The van der Waals surface area contributed by atoms with Crippen LogP contribution in [0.1, 0.15) is 6.42 Å². The predicted molar refractivity (Wildman–Crippen MR) is 58.5 cm³/mol. The maximum atomic E-state index is 11.5. The molecule has 19 heavy (non-hydrogen) atoms. The molecule has 0 aliphatic carbocycles. The van der Waals surface area contributed by atoms with E-state index < -0.39 is 48.7 Å². The molecule has 0 radical (unpaired) electrons. The molecule has 1 atom stereocenters. The van der Waals surface area contributed by atoms with Crippen LogP contribution in [0.25, 0.3) is 0 Å². The molecule has 5 amide bonds. The number of carbonyl (C=O) groups is 5. The summed E-state index contributed by atoms with van der Waals surface area (Å²) in [5.41, 5.74) is 4.83. The van der Waals surface area contributed by atoms with Crippen LogP contribution < -0.4 is 16.4 Å². The van der Waals surface area contributed by atoms with Crippen molar-refractivity contribution in [2.45, 2.75) is 12.5 Å². The van der Waals surface area contributed by atoms with Crippen LogP contribution in [0, 0.1) is 0 Å². The van der Waals surface area contributed by atoms with Gasteiger partial charge < -0.3 is 21.5 Å². The molecule has 104 valence electrons. The SMILES string of the molecule is NC(=O)C[C@H](NC(=O)CN1C(=O)CNC1=O)C(=O)O. The molecule has 1 rings (SSSR count). The van der Waals surface area contributed by atoms with Crippen molar-refractivity contribution in [3.05, 3.63) is 0 Å². The molecule has 10 heteroatoms. The van der Waals surface area contributed by atoms with E-state index in [2.05, 4.69) is 5.32 Å². The van der Waals surface area contributed by atoms with E-state index in [1.54, 1.807) is 0 Å². The van der Waals surface area contributed by atoms with Crippen molar-refractivity contribution < 1.29 is 29.1 Å². The predicted octanol–water partition coefficient (Wildman–Crippen LogP) is -3.02. The number of nitrogens with one attached hydrogen (secondary N) is 2. The molecular formula is C9H12N4O6. The van der Waals surface area contributed by atoms with Gasteiger partial charge in [0.2, 0.25) is 11.8 Å². The molecule has 10 nitrogen and oxygen atoms in total. The number of nitrogens with zero attached hydrogens (tertiary/aromatic N) is 1. The van der Waals surface area contributed by atoms with Crippen molar-refractivity contribution >= 4 is 29.7 Å². The standard InChI is InChI=1S/C9H12N4O6/c10-5(14)1-4(8(17)18)12-6(15)3-13-7(16)2-11-9(13)19/h4H,1-3H2,(H2,10,14)(H,11,19)(H,12,15)(H,17,18)/t4-/m0/s1. The number of hydrogen-bond acceptors (Lipinski definition) is 5. The minimum Gasteiger partial charge on any atom is -0.480 e. The van der Waals surface area contributed by atoms with E-state index in [0.29, 0.717) is 4.90 Å². The van der Waals surface area contributed by atoms with Gasteiger partial charge in [-0.05, 0) is 0 Å². The average molecular weight is 272 g/mol. The Bertz CT molecular complexity index is 432. The summed E-state index contributed by atoms with van der Waals surface area (Å²) in [7, 11) is 0. The number of carboxylic acids is 1. The van der Waals surface area contributed by atoms with Crippen LogP contribution in [0.5, 0.6) is 0 Å². The monoisotopic (exact) mass is 272 g/mol. The number of nitrogens with two attached hydrogens (primary N) is 1. The molecule has 0 saturated carbocycles. The fraction of sp³-hybridized carbons (Fsp3) is 0.444. The number of hydrogen-bond donors (Lipinski definition) is 4. The summed E-state index contributed by atoms with van der Waals surface area (Å²) in [4.78, 5) is 55.8. The third kappa shape index (κ3) is 3.94. The molecule has 0 aromatic carbocycles. The van der Waals surface area contributed by atoms with E-state index in [0.717, 1.165) is 0 Å². The molecule has 5 N–H and O–H groups in total. The fourth-order valence-corrected chi connectivity index (χ4v) is 1.40. The molecule has 1 fully saturated rings. The first-order chi connectivity index (χ1) is 8.81. The second kappa shape index (κ2) is 5.80. The summed E-state index contributed by atoms with van der Waals surface area (Å²) in [6.07, 6.45) is -0.582. The summed E-state index contributed by atoms with van der Waals surface area (Å²) >= 11 is 0. The molecule has 1 aliphatic heterocycles. The maximum Gasteiger partial charge on any atom is 0.326 e. The first-order valence-electron chi connectivity index (χ1n) is 5.20. The highest BCUT2D eigenvalue weighted by Crippen LogP contribution is 1.99. The second-order valence-corrected chi connectivity index (χ2v) is 3.77. The maximum absolute atomic E-state index is 11.5. The first kappa shape index (κ1) is 14.4. The van der Waals surface area contributed by atoms with E-state index in [1.165, 1.54) is 0 Å². The summed E-state index contributed by atoms with van der Waals surface area (Å²) in [6.45, 7) is -0.830. The minimum atomic E-state index is -1.49.